The predicted molar refractivity (Wildman–Crippen MR) is 301 cm³/mol. The fourth-order valence-corrected chi connectivity index (χ4v) is 7.86. The van der Waals surface area contributed by atoms with Crippen LogP contribution in [0.1, 0.15) is 75.0 Å². The molecule has 3 aromatic carbocycles. The van der Waals surface area contributed by atoms with Gasteiger partial charge in [-0.2, -0.15) is 0 Å². The third-order valence-corrected chi connectivity index (χ3v) is 12.1. The van der Waals surface area contributed by atoms with E-state index in [4.69, 9.17) is 70.2 Å². The molecule has 6 atom stereocenters. The third-order valence-electron chi connectivity index (χ3n) is 12.1. The van der Waals surface area contributed by atoms with Crippen LogP contribution in [0.3, 0.4) is 0 Å². The number of aliphatic hydroxyl groups is 3. The quantitative estimate of drug-likeness (QED) is 0.116. The summed E-state index contributed by atoms with van der Waals surface area (Å²) in [6, 6.07) is 30.3. The fraction of sp³-hybridized carbons (Fsp3) is 0.611. The molecular weight excluding hydrogens is 1010 g/mol. The zero-order chi connectivity index (χ0) is 55.5. The van der Waals surface area contributed by atoms with Gasteiger partial charge in [-0.05, 0) is 36.0 Å². The Morgan fingerprint density at radius 2 is 0.859 bits per heavy atom. The molecule has 0 spiro atoms. The van der Waals surface area contributed by atoms with E-state index < -0.39 is 6.10 Å². The van der Waals surface area contributed by atoms with E-state index in [0.717, 1.165) is 124 Å². The van der Waals surface area contributed by atoms with Crippen LogP contribution in [0.2, 0.25) is 0 Å². The number of rotatable bonds is 15. The Hall–Kier alpha value is -4.17. The van der Waals surface area contributed by atoms with Gasteiger partial charge in [0.05, 0.1) is 76.5 Å². The van der Waals surface area contributed by atoms with Gasteiger partial charge in [0.2, 0.25) is 0 Å². The maximum absolute atomic E-state index is 9.20. The van der Waals surface area contributed by atoms with Crippen LogP contribution in [0.5, 0.6) is 0 Å². The molecular formula is C54H99N9O15. The molecule has 0 amide bonds. The van der Waals surface area contributed by atoms with Crippen molar-refractivity contribution in [3.63, 3.8) is 0 Å². The van der Waals surface area contributed by atoms with Gasteiger partial charge in [0, 0.05) is 58.9 Å². The number of carbonyl (C=O) groups is 3. The first-order valence-corrected chi connectivity index (χ1v) is 25.8. The summed E-state index contributed by atoms with van der Waals surface area (Å²) in [6.07, 6.45) is 3.44. The van der Waals surface area contributed by atoms with Crippen molar-refractivity contribution in [3.05, 3.63) is 108 Å². The van der Waals surface area contributed by atoms with Crippen molar-refractivity contribution < 1.29 is 74.6 Å². The molecule has 6 fully saturated rings. The van der Waals surface area contributed by atoms with Gasteiger partial charge in [-0.3, -0.25) is 29.4 Å². The lowest BCUT2D eigenvalue weighted by molar-refractivity contribution is -0.0987. The van der Waals surface area contributed by atoms with Gasteiger partial charge in [0.25, 0.3) is 0 Å². The van der Waals surface area contributed by atoms with E-state index in [1.807, 2.05) is 69.8 Å². The second kappa shape index (κ2) is 51.0. The highest BCUT2D eigenvalue weighted by Crippen LogP contribution is 2.28. The Bertz CT molecular complexity index is 1640. The zero-order valence-corrected chi connectivity index (χ0v) is 46.6. The van der Waals surface area contributed by atoms with Crippen molar-refractivity contribution in [2.75, 3.05) is 139 Å². The van der Waals surface area contributed by atoms with Gasteiger partial charge in [0.15, 0.2) is 0 Å². The Labute approximate surface area is 463 Å². The van der Waals surface area contributed by atoms with Crippen molar-refractivity contribution in [1.82, 2.24) is 29.4 Å². The summed E-state index contributed by atoms with van der Waals surface area (Å²) in [7, 11) is 0. The molecule has 24 heteroatoms. The summed E-state index contributed by atoms with van der Waals surface area (Å²) in [5.41, 5.74) is 18.5. The van der Waals surface area contributed by atoms with Gasteiger partial charge in [-0.1, -0.05) is 112 Å². The molecule has 0 aromatic heterocycles. The maximum atomic E-state index is 9.20. The van der Waals surface area contributed by atoms with Gasteiger partial charge < -0.3 is 91.8 Å². The molecule has 3 aromatic rings. The SMILES string of the molecule is C1CN(CN2CCOC2)CO1.C=O.C=O.C=O.CCC(O)CN.CCC1CN(CN2COC(CC)C2)CO1.NCC(O)c1ccccc1.NCCO.O.O.O.c1ccc(C2CN(CN3COC(c4ccccc4)C3)CO2)cc1. The standard InChI is InChI=1S/C19H22N2O2.C11H22N2O2.C8H11NO.C7H14N2O2.C4H11NO.C2H7NO.3CH2O.3H2O/c1-3-7-16(8-4-1)18-11-20(14-22-18)13-21-12-19(23-15-21)17-9-5-2-6-10-17;1-3-10-5-12(8-14-10)7-13-6-11(4-2)15-9-13;9-6-8(10)7-4-2-1-3-5-7;1-3-10-6-8(1)5-9-2-4-11-7-9;1-2-4(6)3-5;3-1-2-4;3*1-2;;;/h1-10,18-19H,11-15H2;10-11H,3-9H2,1-2H3;1-5,8,10H,6,9H2;1-7H2;4,6H,2-3,5H2,1H3;4H,1-3H2;3*1H2;3*1H2. The van der Waals surface area contributed by atoms with Crippen molar-refractivity contribution in [2.45, 2.75) is 76.7 Å². The molecule has 0 saturated carbocycles. The second-order valence-electron chi connectivity index (χ2n) is 17.7. The molecule has 6 unspecified atom stereocenters. The van der Waals surface area contributed by atoms with E-state index in [-0.39, 0.29) is 47.9 Å². The van der Waals surface area contributed by atoms with E-state index in [1.54, 1.807) is 0 Å². The van der Waals surface area contributed by atoms with E-state index in [9.17, 15) is 5.11 Å². The first-order valence-electron chi connectivity index (χ1n) is 25.8. The van der Waals surface area contributed by atoms with Crippen LogP contribution in [0.4, 0.5) is 0 Å². The molecule has 24 nitrogen and oxygen atoms in total. The van der Waals surface area contributed by atoms with Crippen LogP contribution in [0.25, 0.3) is 0 Å². The summed E-state index contributed by atoms with van der Waals surface area (Å²) in [5.74, 6) is 0. The first-order chi connectivity index (χ1) is 36.7. The minimum Gasteiger partial charge on any atom is -0.412 e. The molecule has 0 radical (unpaired) electrons. The maximum Gasteiger partial charge on any atom is 0.106 e. The summed E-state index contributed by atoms with van der Waals surface area (Å²) < 4.78 is 33.6. The predicted octanol–water partition coefficient (Wildman–Crippen LogP) is -0.0870. The van der Waals surface area contributed by atoms with Crippen LogP contribution >= 0.6 is 0 Å². The smallest absolute Gasteiger partial charge is 0.106 e. The highest BCUT2D eigenvalue weighted by molar-refractivity contribution is 5.20. The summed E-state index contributed by atoms with van der Waals surface area (Å²) in [5, 5.41) is 25.5. The van der Waals surface area contributed by atoms with E-state index >= 15 is 0 Å². The summed E-state index contributed by atoms with van der Waals surface area (Å²) in [6.45, 7) is 28.7. The molecule has 6 aliphatic heterocycles. The van der Waals surface area contributed by atoms with Gasteiger partial charge in [-0.15, -0.1) is 0 Å². The monoisotopic (exact) mass is 1110 g/mol. The van der Waals surface area contributed by atoms with Gasteiger partial charge in [0.1, 0.15) is 60.8 Å². The summed E-state index contributed by atoms with van der Waals surface area (Å²) >= 11 is 0. The molecule has 6 heterocycles. The lowest BCUT2D eigenvalue weighted by Crippen LogP contribution is -2.36. The second-order valence-corrected chi connectivity index (χ2v) is 17.7. The van der Waals surface area contributed by atoms with Crippen LogP contribution in [0, 0.1) is 0 Å². The minimum atomic E-state index is -0.513. The van der Waals surface area contributed by atoms with Crippen molar-refractivity contribution >= 4 is 20.4 Å². The first kappa shape index (κ1) is 78.1. The van der Waals surface area contributed by atoms with Crippen LogP contribution < -0.4 is 17.2 Å². The molecule has 15 N–H and O–H groups in total. The number of benzene rings is 3. The Morgan fingerprint density at radius 3 is 1.14 bits per heavy atom. The van der Waals surface area contributed by atoms with Gasteiger partial charge in [-0.25, -0.2) is 0 Å². The Morgan fingerprint density at radius 1 is 0.513 bits per heavy atom. The topological polar surface area (TPSA) is 359 Å². The third kappa shape index (κ3) is 32.8. The lowest BCUT2D eigenvalue weighted by Gasteiger charge is -2.21. The summed E-state index contributed by atoms with van der Waals surface area (Å²) in [4.78, 5) is 38.0. The van der Waals surface area contributed by atoms with Crippen LogP contribution in [0.15, 0.2) is 91.0 Å². The molecule has 9 rings (SSSR count). The van der Waals surface area contributed by atoms with E-state index in [2.05, 4.69) is 91.8 Å². The highest BCUT2D eigenvalue weighted by atomic mass is 16.5. The number of nitrogens with two attached hydrogens (primary N) is 3. The molecule has 0 aliphatic carbocycles. The number of hydrogen-bond acceptors (Lipinski definition) is 21. The average molecular weight is 1110 g/mol. The highest BCUT2D eigenvalue weighted by Gasteiger charge is 2.30. The number of ether oxygens (including phenoxy) is 6. The molecule has 0 bridgehead atoms. The van der Waals surface area contributed by atoms with Crippen molar-refractivity contribution in [3.8, 4) is 0 Å². The number of nitrogens with zero attached hydrogens (tertiary/aromatic N) is 6. The fourth-order valence-electron chi connectivity index (χ4n) is 7.86. The number of hydrogen-bond donors (Lipinski definition) is 6. The molecule has 450 valence electrons. The molecule has 6 aliphatic rings. The normalized spacial score (nSPS) is 21.5. The number of carbonyl (C=O) groups excluding carboxylic acids is 3. The molecule has 78 heavy (non-hydrogen) atoms. The van der Waals surface area contributed by atoms with Crippen molar-refractivity contribution in [2.24, 2.45) is 17.2 Å². The number of aliphatic hydroxyl groups excluding tert-OH is 3. The van der Waals surface area contributed by atoms with Crippen LogP contribution in [-0.2, 0) is 42.8 Å². The zero-order valence-electron chi connectivity index (χ0n) is 46.6. The van der Waals surface area contributed by atoms with E-state index in [1.165, 1.54) is 11.1 Å². The Kier molecular flexibility index (Phi) is 51.0. The lowest BCUT2D eigenvalue weighted by atomic mass is 10.1. The van der Waals surface area contributed by atoms with Crippen molar-refractivity contribution in [1.29, 1.82) is 0 Å². The average Bonchev–Trinajstić information content (AvgIpc) is 4.37. The largest absolute Gasteiger partial charge is 0.412 e. The van der Waals surface area contributed by atoms with E-state index in [0.29, 0.717) is 38.8 Å². The Balaban J connectivity index is -0.000000902. The molecule has 6 saturated heterocycles. The minimum absolute atomic E-state index is 0. The van der Waals surface area contributed by atoms with Crippen LogP contribution in [-0.4, -0.2) is 239 Å². The van der Waals surface area contributed by atoms with Gasteiger partial charge >= 0.3 is 0 Å².